The molecule has 11 heteroatoms. The number of hydrogen-bond acceptors (Lipinski definition) is 7. The topological polar surface area (TPSA) is 106 Å². The van der Waals surface area contributed by atoms with Crippen molar-refractivity contribution < 1.29 is 4.52 Å². The fourth-order valence-corrected chi connectivity index (χ4v) is 6.52. The predicted molar refractivity (Wildman–Crippen MR) is 164 cm³/mol. The normalized spacial score (nSPS) is 13.9. The molecular formula is C30H32ClN5O4S. The molecule has 41 heavy (non-hydrogen) atoms. The minimum absolute atomic E-state index is 0. The first-order valence-corrected chi connectivity index (χ1v) is 14.6. The molecule has 1 N–H and O–H groups in total. The molecule has 1 fully saturated rings. The molecule has 214 valence electrons. The van der Waals surface area contributed by atoms with Gasteiger partial charge in [0.25, 0.3) is 5.56 Å². The van der Waals surface area contributed by atoms with Crippen molar-refractivity contribution in [3.63, 3.8) is 0 Å². The van der Waals surface area contributed by atoms with Crippen LogP contribution in [0.15, 0.2) is 73.5 Å². The molecule has 6 rings (SSSR count). The minimum Gasteiger partial charge on any atom is -0.302 e. The van der Waals surface area contributed by atoms with Crippen molar-refractivity contribution in [2.75, 3.05) is 19.6 Å². The van der Waals surface area contributed by atoms with Crippen LogP contribution in [0.4, 0.5) is 0 Å². The van der Waals surface area contributed by atoms with E-state index in [0.29, 0.717) is 30.8 Å². The molecule has 0 radical (unpaired) electrons. The summed E-state index contributed by atoms with van der Waals surface area (Å²) in [6.07, 6.45) is 4.39. The molecule has 0 saturated carbocycles. The van der Waals surface area contributed by atoms with Crippen LogP contribution in [-0.2, 0) is 19.5 Å². The van der Waals surface area contributed by atoms with Gasteiger partial charge in [0.05, 0.1) is 11.9 Å². The van der Waals surface area contributed by atoms with E-state index in [4.69, 9.17) is 4.52 Å². The third-order valence-electron chi connectivity index (χ3n) is 7.61. The quantitative estimate of drug-likeness (QED) is 0.278. The van der Waals surface area contributed by atoms with Crippen molar-refractivity contribution in [1.82, 2.24) is 24.2 Å². The van der Waals surface area contributed by atoms with Crippen molar-refractivity contribution in [1.29, 1.82) is 0 Å². The smallest absolute Gasteiger partial charge is 0.302 e. The van der Waals surface area contributed by atoms with E-state index in [2.05, 4.69) is 22.0 Å². The number of aromatic nitrogens is 4. The summed E-state index contributed by atoms with van der Waals surface area (Å²) in [6.45, 7) is 5.56. The molecule has 1 aliphatic heterocycles. The fourth-order valence-electron chi connectivity index (χ4n) is 5.44. The molecule has 1 saturated heterocycles. The van der Waals surface area contributed by atoms with Crippen LogP contribution in [0, 0.1) is 0 Å². The lowest BCUT2D eigenvalue weighted by atomic mass is 9.98. The zero-order valence-corrected chi connectivity index (χ0v) is 24.4. The Morgan fingerprint density at radius 1 is 0.927 bits per heavy atom. The molecule has 3 aromatic heterocycles. The van der Waals surface area contributed by atoms with Crippen molar-refractivity contribution in [3.05, 3.63) is 96.4 Å². The van der Waals surface area contributed by atoms with Crippen LogP contribution in [0.1, 0.15) is 36.6 Å². The molecule has 0 bridgehead atoms. The minimum atomic E-state index is -0.603. The third-order valence-corrected chi connectivity index (χ3v) is 8.91. The number of nitrogens with one attached hydrogen (secondary N) is 1. The number of thiophene rings is 1. The monoisotopic (exact) mass is 593 g/mol. The number of piperidine rings is 1. The van der Waals surface area contributed by atoms with Gasteiger partial charge in [0.2, 0.25) is 0 Å². The number of halogens is 1. The van der Waals surface area contributed by atoms with Gasteiger partial charge in [-0.2, -0.15) is 0 Å². The molecule has 0 atom stereocenters. The summed E-state index contributed by atoms with van der Waals surface area (Å²) in [7, 11) is 0. The van der Waals surface area contributed by atoms with Gasteiger partial charge in [0, 0.05) is 23.5 Å². The molecule has 9 nitrogen and oxygen atoms in total. The second kappa shape index (κ2) is 12.4. The van der Waals surface area contributed by atoms with Crippen LogP contribution in [-0.4, -0.2) is 43.8 Å². The molecule has 4 heterocycles. The van der Waals surface area contributed by atoms with Crippen molar-refractivity contribution in [2.45, 2.75) is 45.7 Å². The van der Waals surface area contributed by atoms with E-state index < -0.39 is 5.76 Å². The molecule has 0 aliphatic carbocycles. The summed E-state index contributed by atoms with van der Waals surface area (Å²) in [5, 5.41) is 4.46. The van der Waals surface area contributed by atoms with Crippen molar-refractivity contribution in [3.8, 4) is 22.5 Å². The van der Waals surface area contributed by atoms with Gasteiger partial charge in [-0.3, -0.25) is 23.4 Å². The van der Waals surface area contributed by atoms with E-state index in [1.54, 1.807) is 4.57 Å². The second-order valence-corrected chi connectivity index (χ2v) is 11.3. The number of hydrogen-bond donors (Lipinski definition) is 1. The average Bonchev–Trinajstić information content (AvgIpc) is 3.63. The maximum Gasteiger partial charge on any atom is 0.439 e. The summed E-state index contributed by atoms with van der Waals surface area (Å²) in [6, 6.07) is 17.6. The average molecular weight is 594 g/mol. The first-order chi connectivity index (χ1) is 19.5. The van der Waals surface area contributed by atoms with Crippen LogP contribution < -0.4 is 17.0 Å². The van der Waals surface area contributed by atoms with Crippen LogP contribution in [0.2, 0.25) is 0 Å². The van der Waals surface area contributed by atoms with Gasteiger partial charge in [-0.1, -0.05) is 67.0 Å². The van der Waals surface area contributed by atoms with E-state index in [0.717, 1.165) is 51.5 Å². The Balaban J connectivity index is 0.00000337. The number of aryl methyl sites for hydroxylation is 1. The van der Waals surface area contributed by atoms with Gasteiger partial charge in [-0.05, 0) is 55.1 Å². The Labute approximate surface area is 246 Å². The summed E-state index contributed by atoms with van der Waals surface area (Å²) < 4.78 is 7.87. The first kappa shape index (κ1) is 28.8. The van der Waals surface area contributed by atoms with E-state index in [-0.39, 0.29) is 23.7 Å². The Morgan fingerprint density at radius 3 is 2.34 bits per heavy atom. The molecular weight excluding hydrogens is 562 g/mol. The molecule has 5 aromatic rings. The highest BCUT2D eigenvalue weighted by Gasteiger charge is 2.18. The predicted octanol–water partition coefficient (Wildman–Crippen LogP) is 4.75. The number of fused-ring (bicyclic) bond motifs is 1. The zero-order valence-electron chi connectivity index (χ0n) is 22.8. The van der Waals surface area contributed by atoms with E-state index in [1.165, 1.54) is 35.2 Å². The summed E-state index contributed by atoms with van der Waals surface area (Å²) in [5.74, 6) is -0.233. The lowest BCUT2D eigenvalue weighted by molar-refractivity contribution is 0.218. The summed E-state index contributed by atoms with van der Waals surface area (Å²) >= 11 is 1.52. The van der Waals surface area contributed by atoms with E-state index in [1.807, 2.05) is 54.6 Å². The largest absolute Gasteiger partial charge is 0.439 e. The van der Waals surface area contributed by atoms with Crippen LogP contribution in [0.3, 0.4) is 0 Å². The van der Waals surface area contributed by atoms with Gasteiger partial charge in [0.1, 0.15) is 4.83 Å². The van der Waals surface area contributed by atoms with Crippen LogP contribution >= 0.6 is 23.7 Å². The van der Waals surface area contributed by atoms with Crippen molar-refractivity contribution in [2.24, 2.45) is 0 Å². The van der Waals surface area contributed by atoms with Gasteiger partial charge in [0.15, 0.2) is 5.82 Å². The summed E-state index contributed by atoms with van der Waals surface area (Å²) in [4.78, 5) is 45.4. The maximum atomic E-state index is 13.7. The Bertz CT molecular complexity index is 1830. The summed E-state index contributed by atoms with van der Waals surface area (Å²) in [5.41, 5.74) is 3.09. The number of benzene rings is 2. The number of nitrogens with zero attached hydrogens (tertiary/aromatic N) is 4. The lowest BCUT2D eigenvalue weighted by Crippen LogP contribution is -2.43. The third kappa shape index (κ3) is 5.86. The SMILES string of the molecule is CCc1cc2c(=O)n(CCN3CCCCC3)c(=O)n(Cc3ccc(-c4ccccc4-c4noc(=O)[nH]4)cc3)c2s1.Cl. The van der Waals surface area contributed by atoms with E-state index in [9.17, 15) is 14.4 Å². The number of likely N-dealkylation sites (tertiary alicyclic amines) is 1. The molecule has 0 amide bonds. The van der Waals surface area contributed by atoms with Crippen LogP contribution in [0.25, 0.3) is 32.7 Å². The highest BCUT2D eigenvalue weighted by Crippen LogP contribution is 2.30. The van der Waals surface area contributed by atoms with Gasteiger partial charge in [-0.25, -0.2) is 9.59 Å². The van der Waals surface area contributed by atoms with Gasteiger partial charge in [-0.15, -0.1) is 23.7 Å². The first-order valence-electron chi connectivity index (χ1n) is 13.7. The molecule has 2 aromatic carbocycles. The highest BCUT2D eigenvalue weighted by atomic mass is 35.5. The Hall–Kier alpha value is -3.73. The zero-order chi connectivity index (χ0) is 27.6. The highest BCUT2D eigenvalue weighted by molar-refractivity contribution is 7.18. The molecule has 0 unspecified atom stereocenters. The second-order valence-electron chi connectivity index (χ2n) is 10.2. The van der Waals surface area contributed by atoms with E-state index >= 15 is 0 Å². The maximum absolute atomic E-state index is 13.7. The lowest BCUT2D eigenvalue weighted by Gasteiger charge is -2.26. The standard InChI is InChI=1S/C30H31N5O4S.ClH/c1-2-22-18-25-27(36)34(17-16-33-14-6-3-7-15-33)30(38)35(28(25)40-22)19-20-10-12-21(13-11-20)23-8-4-5-9-24(23)26-31-29(37)39-32-26;/h4-5,8-13,18H,2-3,6-7,14-17,19H2,1H3,(H,31,32,37);1H. The Kier molecular flexibility index (Phi) is 8.72. The fraction of sp³-hybridized carbons (Fsp3) is 0.333. The number of aromatic amines is 1. The van der Waals surface area contributed by atoms with Crippen molar-refractivity contribution >= 4 is 34.0 Å². The van der Waals surface area contributed by atoms with Gasteiger partial charge >= 0.3 is 11.4 Å². The van der Waals surface area contributed by atoms with Crippen LogP contribution in [0.5, 0.6) is 0 Å². The number of H-pyrrole nitrogens is 1. The molecule has 0 spiro atoms. The molecule has 1 aliphatic rings. The van der Waals surface area contributed by atoms with Gasteiger partial charge < -0.3 is 4.90 Å². The number of rotatable bonds is 8. The Morgan fingerprint density at radius 2 is 1.66 bits per heavy atom.